The minimum atomic E-state index is -0.528. The van der Waals surface area contributed by atoms with Crippen LogP contribution in [0.5, 0.6) is 0 Å². The van der Waals surface area contributed by atoms with Crippen molar-refractivity contribution in [1.29, 1.82) is 0 Å². The lowest BCUT2D eigenvalue weighted by molar-refractivity contribution is -0.271. The number of hydrogen-bond donors (Lipinski definition) is 0. The van der Waals surface area contributed by atoms with E-state index in [1.54, 1.807) is 0 Å². The quantitative estimate of drug-likeness (QED) is 0.404. The predicted molar refractivity (Wildman–Crippen MR) is 130 cm³/mol. The highest BCUT2D eigenvalue weighted by Crippen LogP contribution is 2.65. The molecule has 5 fully saturated rings. The number of aldehydes is 1. The first-order valence-electron chi connectivity index (χ1n) is 14.0. The standard InChI is InChI=1S/C29H44O6/c1-17-8-11-29(33-16-17)18(2)25-24(35-29)15-23(28(25,5)12-13-30)22-7-6-20-14-21(34-19(3)31)9-10-27(20,4)26(22)32/h13,17-18,20-25H,6-12,14-16H2,1-5H3/t17-,18+,20+,21+,22?,23?,24+,25+,27+,28+,29-/m1/s1. The minimum absolute atomic E-state index is 0.0314. The van der Waals surface area contributed by atoms with Crippen molar-refractivity contribution in [2.24, 2.45) is 46.3 Å². The Balaban J connectivity index is 1.37. The third-order valence-electron chi connectivity index (χ3n) is 11.2. The number of carbonyl (C=O) groups is 3. The lowest BCUT2D eigenvalue weighted by Gasteiger charge is -2.51. The molecule has 0 aromatic rings. The second-order valence-electron chi connectivity index (χ2n) is 13.1. The first-order valence-corrected chi connectivity index (χ1v) is 14.0. The van der Waals surface area contributed by atoms with Gasteiger partial charge in [0.2, 0.25) is 0 Å². The van der Waals surface area contributed by atoms with Gasteiger partial charge in [-0.1, -0.05) is 27.7 Å². The molecule has 0 N–H and O–H groups in total. The molecule has 2 saturated heterocycles. The highest BCUT2D eigenvalue weighted by molar-refractivity contribution is 5.88. The summed E-state index contributed by atoms with van der Waals surface area (Å²) in [4.78, 5) is 37.6. The van der Waals surface area contributed by atoms with E-state index in [2.05, 4.69) is 27.7 Å². The van der Waals surface area contributed by atoms with Gasteiger partial charge in [-0.3, -0.25) is 9.59 Å². The van der Waals surface area contributed by atoms with Crippen LogP contribution in [0.4, 0.5) is 0 Å². The number of ketones is 1. The van der Waals surface area contributed by atoms with Crippen molar-refractivity contribution in [3.05, 3.63) is 0 Å². The van der Waals surface area contributed by atoms with E-state index in [0.29, 0.717) is 18.1 Å². The number of Topliss-reactive ketones (excluding diaryl/α,β-unsaturated/α-hetero) is 1. The number of esters is 1. The van der Waals surface area contributed by atoms with E-state index in [1.807, 2.05) is 0 Å². The van der Waals surface area contributed by atoms with Gasteiger partial charge in [-0.15, -0.1) is 0 Å². The molecule has 0 aromatic heterocycles. The van der Waals surface area contributed by atoms with Crippen LogP contribution in [0, 0.1) is 46.3 Å². The van der Waals surface area contributed by atoms with E-state index in [9.17, 15) is 14.4 Å². The predicted octanol–water partition coefficient (Wildman–Crippen LogP) is 5.11. The van der Waals surface area contributed by atoms with Crippen molar-refractivity contribution >= 4 is 18.0 Å². The maximum atomic E-state index is 14.2. The summed E-state index contributed by atoms with van der Waals surface area (Å²) in [6.07, 6.45) is 8.53. The molecule has 0 aromatic carbocycles. The summed E-state index contributed by atoms with van der Waals surface area (Å²) in [6.45, 7) is 11.1. The van der Waals surface area contributed by atoms with Crippen LogP contribution >= 0.6 is 0 Å². The highest BCUT2D eigenvalue weighted by atomic mass is 16.7. The van der Waals surface area contributed by atoms with Crippen molar-refractivity contribution in [2.45, 2.75) is 110 Å². The molecular formula is C29H44O6. The average Bonchev–Trinajstić information content (AvgIpc) is 3.23. The molecule has 2 unspecified atom stereocenters. The van der Waals surface area contributed by atoms with Crippen LogP contribution < -0.4 is 0 Å². The fraction of sp³-hybridized carbons (Fsp3) is 0.897. The lowest BCUT2D eigenvalue weighted by atomic mass is 9.52. The van der Waals surface area contributed by atoms with Crippen molar-refractivity contribution in [3.63, 3.8) is 0 Å². The number of fused-ring (bicyclic) bond motifs is 2. The van der Waals surface area contributed by atoms with Gasteiger partial charge < -0.3 is 19.0 Å². The average molecular weight is 489 g/mol. The van der Waals surface area contributed by atoms with Crippen LogP contribution in [-0.2, 0) is 28.6 Å². The fourth-order valence-electron chi connectivity index (χ4n) is 9.20. The van der Waals surface area contributed by atoms with E-state index in [0.717, 1.165) is 64.3 Å². The van der Waals surface area contributed by atoms with E-state index in [4.69, 9.17) is 14.2 Å². The van der Waals surface area contributed by atoms with Crippen molar-refractivity contribution in [2.75, 3.05) is 6.61 Å². The van der Waals surface area contributed by atoms with E-state index in [1.165, 1.54) is 6.92 Å². The molecule has 0 radical (unpaired) electrons. The Kier molecular flexibility index (Phi) is 6.48. The van der Waals surface area contributed by atoms with Gasteiger partial charge in [0.05, 0.1) is 12.7 Å². The summed E-state index contributed by atoms with van der Waals surface area (Å²) in [5, 5.41) is 0. The van der Waals surface area contributed by atoms with E-state index < -0.39 is 5.79 Å². The molecule has 0 bridgehead atoms. The Morgan fingerprint density at radius 2 is 1.89 bits per heavy atom. The van der Waals surface area contributed by atoms with Gasteiger partial charge in [0.1, 0.15) is 18.2 Å². The first-order chi connectivity index (χ1) is 16.5. The number of carbonyl (C=O) groups excluding carboxylic acids is 3. The van der Waals surface area contributed by atoms with Crippen LogP contribution in [0.3, 0.4) is 0 Å². The SMILES string of the molecule is CC(=O)O[C@H]1CC[C@]2(C)C(=O)C(C3C[C@@H]4O[C@]5(CC[C@@H](C)CO5)[C@@H](C)[C@@H]4[C@@]3(C)CC=O)CC[C@H]2C1. The van der Waals surface area contributed by atoms with E-state index >= 15 is 0 Å². The normalized spacial score (nSPS) is 51.6. The smallest absolute Gasteiger partial charge is 0.302 e. The van der Waals surface area contributed by atoms with Crippen molar-refractivity contribution < 1.29 is 28.6 Å². The van der Waals surface area contributed by atoms with Gasteiger partial charge in [-0.2, -0.15) is 0 Å². The topological polar surface area (TPSA) is 78.9 Å². The molecule has 11 atom stereocenters. The van der Waals surface area contributed by atoms with Crippen molar-refractivity contribution in [3.8, 4) is 0 Å². The Morgan fingerprint density at radius 1 is 1.11 bits per heavy atom. The monoisotopic (exact) mass is 488 g/mol. The summed E-state index contributed by atoms with van der Waals surface area (Å²) in [5.74, 6) is 0.984. The highest BCUT2D eigenvalue weighted by Gasteiger charge is 2.67. The Labute approximate surface area is 210 Å². The maximum absolute atomic E-state index is 14.2. The largest absolute Gasteiger partial charge is 0.463 e. The van der Waals surface area contributed by atoms with Crippen LogP contribution in [0.25, 0.3) is 0 Å². The van der Waals surface area contributed by atoms with Crippen LogP contribution in [0.1, 0.15) is 92.4 Å². The second kappa shape index (κ2) is 8.93. The number of ether oxygens (including phenoxy) is 3. The summed E-state index contributed by atoms with van der Waals surface area (Å²) >= 11 is 0. The Hall–Kier alpha value is -1.27. The number of hydrogen-bond acceptors (Lipinski definition) is 6. The molecule has 2 heterocycles. The molecule has 5 rings (SSSR count). The second-order valence-corrected chi connectivity index (χ2v) is 13.1. The number of rotatable bonds is 4. The molecule has 1 spiro atoms. The van der Waals surface area contributed by atoms with Crippen LogP contribution in [0.2, 0.25) is 0 Å². The fourth-order valence-corrected chi connectivity index (χ4v) is 9.20. The Bertz CT molecular complexity index is 861. The zero-order valence-corrected chi connectivity index (χ0v) is 22.2. The van der Waals surface area contributed by atoms with Gasteiger partial charge in [0, 0.05) is 37.0 Å². The Morgan fingerprint density at radius 3 is 2.54 bits per heavy atom. The van der Waals surface area contributed by atoms with Gasteiger partial charge in [0.25, 0.3) is 0 Å². The molecule has 5 aliphatic rings. The summed E-state index contributed by atoms with van der Waals surface area (Å²) in [5.41, 5.74) is -0.629. The molecule has 0 amide bonds. The maximum Gasteiger partial charge on any atom is 0.302 e. The summed E-state index contributed by atoms with van der Waals surface area (Å²) < 4.78 is 18.6. The van der Waals surface area contributed by atoms with Gasteiger partial charge >= 0.3 is 5.97 Å². The van der Waals surface area contributed by atoms with Crippen molar-refractivity contribution in [1.82, 2.24) is 0 Å². The molecule has 3 aliphatic carbocycles. The zero-order chi connectivity index (χ0) is 25.2. The van der Waals surface area contributed by atoms with Gasteiger partial charge in [0.15, 0.2) is 5.79 Å². The molecular weight excluding hydrogens is 444 g/mol. The lowest BCUT2D eigenvalue weighted by Crippen LogP contribution is -2.53. The zero-order valence-electron chi connectivity index (χ0n) is 22.2. The first kappa shape index (κ1) is 25.4. The summed E-state index contributed by atoms with van der Waals surface area (Å²) in [7, 11) is 0. The molecule has 2 aliphatic heterocycles. The van der Waals surface area contributed by atoms with Gasteiger partial charge in [-0.25, -0.2) is 0 Å². The van der Waals surface area contributed by atoms with Crippen LogP contribution in [-0.4, -0.2) is 42.6 Å². The summed E-state index contributed by atoms with van der Waals surface area (Å²) in [6, 6.07) is 0. The molecule has 35 heavy (non-hydrogen) atoms. The van der Waals surface area contributed by atoms with Gasteiger partial charge in [-0.05, 0) is 74.0 Å². The molecule has 196 valence electrons. The molecule has 3 saturated carbocycles. The third kappa shape index (κ3) is 3.93. The third-order valence-corrected chi connectivity index (χ3v) is 11.2. The minimum Gasteiger partial charge on any atom is -0.463 e. The molecule has 6 heteroatoms. The van der Waals surface area contributed by atoms with E-state index in [-0.39, 0.29) is 58.6 Å². The molecule has 6 nitrogen and oxygen atoms in total. The van der Waals surface area contributed by atoms with Crippen LogP contribution in [0.15, 0.2) is 0 Å².